The minimum Gasteiger partial charge on any atom is -0.550 e. The van der Waals surface area contributed by atoms with Gasteiger partial charge in [0, 0.05) is 0 Å². The van der Waals surface area contributed by atoms with Crippen LogP contribution < -0.4 is 5.11 Å². The van der Waals surface area contributed by atoms with Gasteiger partial charge in [0.2, 0.25) is 0 Å². The molecule has 0 aromatic rings. The molecule has 0 bridgehead atoms. The zero-order chi connectivity index (χ0) is 7.98. The molecule has 56 valence electrons. The normalized spacial score (nSPS) is 8.40. The quantitative estimate of drug-likeness (QED) is 0.283. The molecule has 0 rings (SSSR count). The first-order chi connectivity index (χ1) is 4.66. The molecule has 0 aromatic carbocycles. The number of rotatable bonds is 4. The maximum Gasteiger partial charge on any atom is 0.311 e. The van der Waals surface area contributed by atoms with Gasteiger partial charge in [-0.15, -0.1) is 0 Å². The van der Waals surface area contributed by atoms with E-state index in [2.05, 4.69) is 11.3 Å². The lowest BCUT2D eigenvalue weighted by molar-refractivity contribution is -0.305. The second-order valence-electron chi connectivity index (χ2n) is 1.52. The average Bonchev–Trinajstić information content (AvgIpc) is 1.82. The van der Waals surface area contributed by atoms with Crippen molar-refractivity contribution >= 4 is 11.9 Å². The maximum atomic E-state index is 10.3. The smallest absolute Gasteiger partial charge is 0.311 e. The van der Waals surface area contributed by atoms with E-state index in [0.29, 0.717) is 0 Å². The van der Waals surface area contributed by atoms with Gasteiger partial charge < -0.3 is 14.6 Å². The lowest BCUT2D eigenvalue weighted by Crippen LogP contribution is -2.26. The molecule has 0 amide bonds. The lowest BCUT2D eigenvalue weighted by atomic mass is 10.4. The highest BCUT2D eigenvalue weighted by molar-refractivity contribution is 5.89. The van der Waals surface area contributed by atoms with Crippen molar-refractivity contribution in [3.63, 3.8) is 0 Å². The number of ether oxygens (including phenoxy) is 1. The van der Waals surface area contributed by atoms with Crippen molar-refractivity contribution in [2.45, 2.75) is 6.42 Å². The number of esters is 1. The van der Waals surface area contributed by atoms with Crippen LogP contribution in [0.3, 0.4) is 0 Å². The number of carbonyl (C=O) groups excluding carboxylic acids is 2. The second kappa shape index (κ2) is 4.55. The molecule has 0 atom stereocenters. The minimum absolute atomic E-state index is 0.0338. The molecule has 0 saturated heterocycles. The molecule has 0 spiro atoms. The number of aliphatic carboxylic acids is 1. The number of carboxylic acids is 1. The first-order valence-electron chi connectivity index (χ1n) is 2.63. The van der Waals surface area contributed by atoms with Gasteiger partial charge in [0.15, 0.2) is 0 Å². The van der Waals surface area contributed by atoms with Crippen molar-refractivity contribution < 1.29 is 19.4 Å². The molecule has 4 nitrogen and oxygen atoms in total. The third-order valence-corrected chi connectivity index (χ3v) is 0.651. The molecule has 0 heterocycles. The third-order valence-electron chi connectivity index (χ3n) is 0.651. The fraction of sp³-hybridized carbons (Fsp3) is 0.333. The maximum absolute atomic E-state index is 10.3. The van der Waals surface area contributed by atoms with Gasteiger partial charge in [-0.25, -0.2) is 0 Å². The van der Waals surface area contributed by atoms with Crippen molar-refractivity contribution in [2.75, 3.05) is 6.61 Å². The van der Waals surface area contributed by atoms with Crippen molar-refractivity contribution in [1.82, 2.24) is 0 Å². The summed E-state index contributed by atoms with van der Waals surface area (Å²) >= 11 is 0. The van der Waals surface area contributed by atoms with E-state index < -0.39 is 18.4 Å². The van der Waals surface area contributed by atoms with Crippen LogP contribution in [-0.4, -0.2) is 18.5 Å². The second-order valence-corrected chi connectivity index (χ2v) is 1.52. The van der Waals surface area contributed by atoms with Crippen LogP contribution in [0.5, 0.6) is 0 Å². The van der Waals surface area contributed by atoms with E-state index in [0.717, 1.165) is 0 Å². The van der Waals surface area contributed by atoms with Crippen molar-refractivity contribution in [2.24, 2.45) is 0 Å². The zero-order valence-electron chi connectivity index (χ0n) is 5.33. The Balaban J connectivity index is 3.43. The number of carbonyl (C=O) groups is 2. The topological polar surface area (TPSA) is 66.4 Å². The zero-order valence-corrected chi connectivity index (χ0v) is 5.33. The molecule has 0 fully saturated rings. The summed E-state index contributed by atoms with van der Waals surface area (Å²) in [4.78, 5) is 20.1. The molecular formula is C6H7O4-. The molecule has 0 aliphatic carbocycles. The molecule has 10 heavy (non-hydrogen) atoms. The predicted molar refractivity (Wildman–Crippen MR) is 30.8 cm³/mol. The highest BCUT2D eigenvalue weighted by atomic mass is 16.5. The van der Waals surface area contributed by atoms with Gasteiger partial charge >= 0.3 is 5.97 Å². The minimum atomic E-state index is -1.44. The summed E-state index contributed by atoms with van der Waals surface area (Å²) < 4.78 is 4.32. The molecule has 0 aromatic heterocycles. The van der Waals surface area contributed by atoms with Gasteiger partial charge in [0.05, 0.1) is 12.4 Å². The largest absolute Gasteiger partial charge is 0.550 e. The Labute approximate surface area is 58.1 Å². The lowest BCUT2D eigenvalue weighted by Gasteiger charge is -2.00. The van der Waals surface area contributed by atoms with E-state index in [-0.39, 0.29) is 6.61 Å². The summed E-state index contributed by atoms with van der Waals surface area (Å²) in [6.07, 6.45) is 0.654. The molecule has 4 heteroatoms. The van der Waals surface area contributed by atoms with Crippen LogP contribution >= 0.6 is 0 Å². The van der Waals surface area contributed by atoms with Crippen LogP contribution in [-0.2, 0) is 14.3 Å². The standard InChI is InChI=1S/C6H8O4/c1-2-3-10-6(9)4-5(7)8/h2H,1,3-4H2,(H,7,8)/p-1. The fourth-order valence-electron chi connectivity index (χ4n) is 0.321. The SMILES string of the molecule is C=CCOC(=O)CC(=O)[O-]. The van der Waals surface area contributed by atoms with Gasteiger partial charge in [-0.05, 0) is 0 Å². The summed E-state index contributed by atoms with van der Waals surface area (Å²) in [5.41, 5.74) is 0. The Kier molecular flexibility index (Phi) is 3.95. The van der Waals surface area contributed by atoms with Crippen molar-refractivity contribution in [3.05, 3.63) is 12.7 Å². The number of hydrogen-bond donors (Lipinski definition) is 0. The van der Waals surface area contributed by atoms with Gasteiger partial charge in [-0.2, -0.15) is 0 Å². The van der Waals surface area contributed by atoms with Gasteiger partial charge in [-0.1, -0.05) is 12.7 Å². The van der Waals surface area contributed by atoms with Crippen LogP contribution in [0.25, 0.3) is 0 Å². The van der Waals surface area contributed by atoms with Crippen LogP contribution in [0.15, 0.2) is 12.7 Å². The highest BCUT2D eigenvalue weighted by Crippen LogP contribution is 1.83. The van der Waals surface area contributed by atoms with Gasteiger partial charge in [-0.3, -0.25) is 4.79 Å². The molecule has 0 N–H and O–H groups in total. The Morgan fingerprint density at radius 3 is 2.60 bits per heavy atom. The van der Waals surface area contributed by atoms with E-state index in [1.807, 2.05) is 0 Å². The molecule has 0 unspecified atom stereocenters. The predicted octanol–water partition coefficient (Wildman–Crippen LogP) is -1.14. The van der Waals surface area contributed by atoms with Crippen LogP contribution in [0.1, 0.15) is 6.42 Å². The van der Waals surface area contributed by atoms with E-state index in [1.54, 1.807) is 0 Å². The summed E-state index contributed by atoms with van der Waals surface area (Å²) in [6.45, 7) is 3.31. The summed E-state index contributed by atoms with van der Waals surface area (Å²) in [5.74, 6) is -2.24. The van der Waals surface area contributed by atoms with E-state index in [4.69, 9.17) is 0 Å². The van der Waals surface area contributed by atoms with Gasteiger partial charge in [0.25, 0.3) is 0 Å². The Morgan fingerprint density at radius 2 is 2.20 bits per heavy atom. The molecule has 0 aliphatic heterocycles. The first kappa shape index (κ1) is 8.68. The summed E-state index contributed by atoms with van der Waals surface area (Å²) in [5, 5.41) is 9.74. The summed E-state index contributed by atoms with van der Waals surface area (Å²) in [6, 6.07) is 0. The van der Waals surface area contributed by atoms with Crippen molar-refractivity contribution in [1.29, 1.82) is 0 Å². The Bertz CT molecular complexity index is 150. The Morgan fingerprint density at radius 1 is 1.60 bits per heavy atom. The number of hydrogen-bond acceptors (Lipinski definition) is 4. The summed E-state index contributed by atoms with van der Waals surface area (Å²) in [7, 11) is 0. The van der Waals surface area contributed by atoms with E-state index in [1.165, 1.54) is 6.08 Å². The monoisotopic (exact) mass is 143 g/mol. The third kappa shape index (κ3) is 4.83. The molecule has 0 aliphatic rings. The van der Waals surface area contributed by atoms with Crippen molar-refractivity contribution in [3.8, 4) is 0 Å². The molecular weight excluding hydrogens is 136 g/mol. The van der Waals surface area contributed by atoms with E-state index in [9.17, 15) is 14.7 Å². The number of carboxylic acid groups (broad SMARTS) is 1. The van der Waals surface area contributed by atoms with Gasteiger partial charge in [0.1, 0.15) is 6.61 Å². The van der Waals surface area contributed by atoms with Crippen LogP contribution in [0.4, 0.5) is 0 Å². The van der Waals surface area contributed by atoms with E-state index >= 15 is 0 Å². The van der Waals surface area contributed by atoms with Crippen LogP contribution in [0.2, 0.25) is 0 Å². The van der Waals surface area contributed by atoms with Crippen LogP contribution in [0, 0.1) is 0 Å². The fourth-order valence-corrected chi connectivity index (χ4v) is 0.321. The highest BCUT2D eigenvalue weighted by Gasteiger charge is 1.99. The first-order valence-corrected chi connectivity index (χ1v) is 2.63. The Hall–Kier alpha value is -1.32. The average molecular weight is 143 g/mol. The molecule has 0 radical (unpaired) electrons. The molecule has 0 saturated carbocycles.